The number of piperazine rings is 1. The van der Waals surface area contributed by atoms with Crippen molar-refractivity contribution in [2.75, 3.05) is 57.5 Å². The normalized spacial score (nSPS) is 18.6. The maximum atomic E-state index is 11.9. The highest BCUT2D eigenvalue weighted by Gasteiger charge is 2.22. The van der Waals surface area contributed by atoms with Gasteiger partial charge in [-0.2, -0.15) is 0 Å². The summed E-state index contributed by atoms with van der Waals surface area (Å²) in [6.45, 7) is 7.10. The minimum absolute atomic E-state index is 0.0276. The highest BCUT2D eigenvalue weighted by Crippen LogP contribution is 2.36. The van der Waals surface area contributed by atoms with Gasteiger partial charge in [0.1, 0.15) is 0 Å². The van der Waals surface area contributed by atoms with Crippen molar-refractivity contribution in [2.24, 2.45) is 0 Å². The summed E-state index contributed by atoms with van der Waals surface area (Å²) in [5.41, 5.74) is 4.64. The Morgan fingerprint density at radius 2 is 1.76 bits per heavy atom. The monoisotopic (exact) mass is 500 g/mol. The molecule has 0 N–H and O–H groups in total. The van der Waals surface area contributed by atoms with E-state index in [0.29, 0.717) is 5.56 Å². The van der Waals surface area contributed by atoms with Crippen LogP contribution in [0.25, 0.3) is 21.5 Å². The van der Waals surface area contributed by atoms with Crippen molar-refractivity contribution < 1.29 is 8.42 Å². The van der Waals surface area contributed by atoms with Gasteiger partial charge in [0.05, 0.1) is 21.7 Å². The number of pyridine rings is 1. The van der Waals surface area contributed by atoms with Crippen LogP contribution < -0.4 is 4.90 Å². The average Bonchev–Trinajstić information content (AvgIpc) is 3.22. The molecule has 2 aliphatic rings. The number of rotatable bonds is 6. The smallest absolute Gasteiger partial charge is 0.226 e. The molecular weight excluding hydrogens is 468 g/mol. The molecule has 8 nitrogen and oxygen atoms in total. The number of hydrogen-bond donors (Lipinski definition) is 0. The maximum absolute atomic E-state index is 11.9. The largest absolute Gasteiger partial charge is 0.341 e. The van der Waals surface area contributed by atoms with Crippen LogP contribution in [-0.2, 0) is 22.1 Å². The number of sulfone groups is 1. The van der Waals surface area contributed by atoms with Gasteiger partial charge in [0, 0.05) is 75.6 Å². The Labute approximate surface area is 205 Å². The van der Waals surface area contributed by atoms with Gasteiger partial charge in [-0.05, 0) is 43.3 Å². The van der Waals surface area contributed by atoms with E-state index in [2.05, 4.69) is 32.1 Å². The van der Waals surface area contributed by atoms with Crippen molar-refractivity contribution in [3.63, 3.8) is 0 Å². The zero-order valence-electron chi connectivity index (χ0n) is 19.9. The molecule has 0 unspecified atom stereocenters. The molecule has 5 heterocycles. The first kappa shape index (κ1) is 23.6. The standard InChI is InChI=1S/C24H32N6O2S2/c1-28-8-10-29(11-9-28)15-20-16-33-23-21(19-12-18(13-25-14-19)17-34(2,31)32)26-24(27-22(20)23)30-6-4-3-5-7-30/h12-14,16H,3-11,15,17H2,1-2H3. The first-order valence-corrected chi connectivity index (χ1v) is 14.9. The number of likely N-dealkylation sites (N-methyl/N-ethyl adjacent to an activating group) is 1. The van der Waals surface area contributed by atoms with Gasteiger partial charge in [0.15, 0.2) is 9.84 Å². The van der Waals surface area contributed by atoms with Crippen molar-refractivity contribution in [1.82, 2.24) is 24.8 Å². The number of hydrogen-bond acceptors (Lipinski definition) is 9. The highest BCUT2D eigenvalue weighted by molar-refractivity contribution is 7.89. The van der Waals surface area contributed by atoms with Crippen molar-refractivity contribution in [1.29, 1.82) is 0 Å². The van der Waals surface area contributed by atoms with Crippen LogP contribution in [0.15, 0.2) is 23.8 Å². The molecule has 0 aliphatic carbocycles. The predicted molar refractivity (Wildman–Crippen MR) is 138 cm³/mol. The van der Waals surface area contributed by atoms with E-state index in [4.69, 9.17) is 9.97 Å². The van der Waals surface area contributed by atoms with Crippen LogP contribution in [-0.4, -0.2) is 85.7 Å². The molecule has 182 valence electrons. The Morgan fingerprint density at radius 1 is 1.00 bits per heavy atom. The molecule has 0 amide bonds. The van der Waals surface area contributed by atoms with E-state index in [-0.39, 0.29) is 5.75 Å². The molecule has 34 heavy (non-hydrogen) atoms. The Bertz CT molecular complexity index is 1260. The van der Waals surface area contributed by atoms with Gasteiger partial charge < -0.3 is 9.80 Å². The van der Waals surface area contributed by atoms with Crippen molar-refractivity contribution in [3.05, 3.63) is 35.0 Å². The summed E-state index contributed by atoms with van der Waals surface area (Å²) in [6.07, 6.45) is 8.21. The van der Waals surface area contributed by atoms with E-state index in [0.717, 1.165) is 86.1 Å². The molecule has 10 heteroatoms. The summed E-state index contributed by atoms with van der Waals surface area (Å²) in [7, 11) is -0.973. The lowest BCUT2D eigenvalue weighted by Gasteiger charge is -2.32. The number of nitrogens with zero attached hydrogens (tertiary/aromatic N) is 6. The fourth-order valence-corrected chi connectivity index (χ4v) is 6.52. The van der Waals surface area contributed by atoms with Gasteiger partial charge in [-0.25, -0.2) is 18.4 Å². The minimum atomic E-state index is -3.15. The third-order valence-electron chi connectivity index (χ3n) is 6.60. The van der Waals surface area contributed by atoms with Crippen LogP contribution in [0.5, 0.6) is 0 Å². The lowest BCUT2D eigenvalue weighted by atomic mass is 10.1. The number of anilines is 1. The van der Waals surface area contributed by atoms with Gasteiger partial charge in [-0.15, -0.1) is 11.3 Å². The number of thiophene rings is 1. The Kier molecular flexibility index (Phi) is 6.83. The van der Waals surface area contributed by atoms with Gasteiger partial charge >= 0.3 is 0 Å². The number of fused-ring (bicyclic) bond motifs is 1. The zero-order chi connectivity index (χ0) is 23.7. The maximum Gasteiger partial charge on any atom is 0.226 e. The van der Waals surface area contributed by atoms with Crippen molar-refractivity contribution in [2.45, 2.75) is 31.6 Å². The number of piperidine rings is 1. The summed E-state index contributed by atoms with van der Waals surface area (Å²) < 4.78 is 24.8. The molecule has 3 aromatic rings. The fourth-order valence-electron chi connectivity index (χ4n) is 4.74. The topological polar surface area (TPSA) is 82.5 Å². The first-order chi connectivity index (χ1) is 16.4. The molecule has 5 rings (SSSR count). The molecule has 2 fully saturated rings. The molecule has 2 saturated heterocycles. The van der Waals surface area contributed by atoms with E-state index in [1.807, 2.05) is 6.07 Å². The van der Waals surface area contributed by atoms with E-state index < -0.39 is 9.84 Å². The summed E-state index contributed by atoms with van der Waals surface area (Å²) in [4.78, 5) is 21.6. The van der Waals surface area contributed by atoms with Crippen molar-refractivity contribution >= 4 is 37.3 Å². The van der Waals surface area contributed by atoms with Gasteiger partial charge in [0.25, 0.3) is 0 Å². The van der Waals surface area contributed by atoms with Gasteiger partial charge in [0.2, 0.25) is 5.95 Å². The molecule has 2 aliphatic heterocycles. The average molecular weight is 501 g/mol. The Morgan fingerprint density at radius 3 is 2.50 bits per heavy atom. The zero-order valence-corrected chi connectivity index (χ0v) is 21.5. The van der Waals surface area contributed by atoms with Crippen LogP contribution in [0.2, 0.25) is 0 Å². The minimum Gasteiger partial charge on any atom is -0.341 e. The van der Waals surface area contributed by atoms with Gasteiger partial charge in [-0.1, -0.05) is 0 Å². The van der Waals surface area contributed by atoms with E-state index >= 15 is 0 Å². The third-order valence-corrected chi connectivity index (χ3v) is 8.49. The van der Waals surface area contributed by atoms with E-state index in [1.165, 1.54) is 18.2 Å². The first-order valence-electron chi connectivity index (χ1n) is 11.9. The summed E-state index contributed by atoms with van der Waals surface area (Å²) in [5.74, 6) is 0.744. The second kappa shape index (κ2) is 9.85. The molecule has 0 saturated carbocycles. The van der Waals surface area contributed by atoms with Crippen LogP contribution in [0.3, 0.4) is 0 Å². The van der Waals surface area contributed by atoms with E-state index in [9.17, 15) is 8.42 Å². The molecule has 0 atom stereocenters. The predicted octanol–water partition coefficient (Wildman–Crippen LogP) is 3.04. The molecule has 0 aromatic carbocycles. The van der Waals surface area contributed by atoms with Crippen LogP contribution >= 0.6 is 11.3 Å². The summed E-state index contributed by atoms with van der Waals surface area (Å²) in [6, 6.07) is 1.91. The second-order valence-electron chi connectivity index (χ2n) is 9.59. The van der Waals surface area contributed by atoms with Crippen LogP contribution in [0.1, 0.15) is 30.4 Å². The van der Waals surface area contributed by atoms with E-state index in [1.54, 1.807) is 23.7 Å². The Balaban J connectivity index is 1.56. The SMILES string of the molecule is CN1CCN(Cc2csc3c(-c4cncc(CS(C)(=O)=O)c4)nc(N4CCCCC4)nc23)CC1. The molecule has 3 aromatic heterocycles. The van der Waals surface area contributed by atoms with Gasteiger partial charge in [-0.3, -0.25) is 9.88 Å². The third kappa shape index (κ3) is 5.40. The molecular formula is C24H32N6O2S2. The Hall–Kier alpha value is -2.14. The van der Waals surface area contributed by atoms with Crippen LogP contribution in [0, 0.1) is 0 Å². The fraction of sp³-hybridized carbons (Fsp3) is 0.542. The summed E-state index contributed by atoms with van der Waals surface area (Å²) >= 11 is 1.67. The molecule has 0 radical (unpaired) electrons. The van der Waals surface area contributed by atoms with Crippen LogP contribution in [0.4, 0.5) is 5.95 Å². The molecule has 0 spiro atoms. The highest BCUT2D eigenvalue weighted by atomic mass is 32.2. The second-order valence-corrected chi connectivity index (χ2v) is 12.6. The lowest BCUT2D eigenvalue weighted by molar-refractivity contribution is 0.148. The summed E-state index contributed by atoms with van der Waals surface area (Å²) in [5, 5.41) is 2.22. The van der Waals surface area contributed by atoms with Crippen molar-refractivity contribution in [3.8, 4) is 11.3 Å². The lowest BCUT2D eigenvalue weighted by Crippen LogP contribution is -2.43. The number of aromatic nitrogens is 3. The quantitative estimate of drug-likeness (QED) is 0.511. The molecule has 0 bridgehead atoms.